The number of carbonyl (C=O) groups is 1. The van der Waals surface area contributed by atoms with E-state index in [-0.39, 0.29) is 12.0 Å². The van der Waals surface area contributed by atoms with Crippen molar-refractivity contribution >= 4 is 11.8 Å². The van der Waals surface area contributed by atoms with Gasteiger partial charge in [-0.3, -0.25) is 0 Å². The molecule has 2 aliphatic rings. The molecule has 7 heteroatoms. The number of hydrogen-bond donors (Lipinski definition) is 1. The van der Waals surface area contributed by atoms with Crippen LogP contribution < -0.4 is 10.2 Å². The minimum atomic E-state index is -4.34. The van der Waals surface area contributed by atoms with Gasteiger partial charge < -0.3 is 15.0 Å². The van der Waals surface area contributed by atoms with Gasteiger partial charge in [-0.1, -0.05) is 19.9 Å². The SMILES string of the molecule is CCOC(=O)NC1CC(C)C2CN(c3cccc(C(F)(F)F)c3)CC2C1C. The lowest BCUT2D eigenvalue weighted by molar-refractivity contribution is -0.137. The number of alkyl halides is 3. The van der Waals surface area contributed by atoms with Crippen LogP contribution in [0.2, 0.25) is 0 Å². The Bertz CT molecular complexity index is 679. The van der Waals surface area contributed by atoms with Gasteiger partial charge in [-0.05, 0) is 55.2 Å². The Morgan fingerprint density at radius 3 is 2.63 bits per heavy atom. The van der Waals surface area contributed by atoms with Crippen molar-refractivity contribution in [2.24, 2.45) is 23.7 Å². The zero-order valence-corrected chi connectivity index (χ0v) is 15.9. The van der Waals surface area contributed by atoms with Crippen molar-refractivity contribution in [3.05, 3.63) is 29.8 Å². The fourth-order valence-corrected chi connectivity index (χ4v) is 4.71. The second kappa shape index (κ2) is 7.60. The standard InChI is InChI=1S/C20H27F3N2O2/c1-4-27-19(26)24-18-8-12(2)16-10-25(11-17(16)13(18)3)15-7-5-6-14(9-15)20(21,22)23/h5-7,9,12-13,16-18H,4,8,10-11H2,1-3H3,(H,24,26). The predicted octanol–water partition coefficient (Wildman–Crippen LogP) is 4.55. The van der Waals surface area contributed by atoms with E-state index >= 15 is 0 Å². The number of hydrogen-bond acceptors (Lipinski definition) is 3. The van der Waals surface area contributed by atoms with Gasteiger partial charge in [0.25, 0.3) is 0 Å². The molecule has 1 amide bonds. The van der Waals surface area contributed by atoms with Gasteiger partial charge in [0.15, 0.2) is 0 Å². The Labute approximate surface area is 158 Å². The van der Waals surface area contributed by atoms with Gasteiger partial charge >= 0.3 is 12.3 Å². The molecule has 0 spiro atoms. The number of halogens is 3. The highest BCUT2D eigenvalue weighted by Gasteiger charge is 2.46. The van der Waals surface area contributed by atoms with Crippen LogP contribution in [0.3, 0.4) is 0 Å². The molecule has 1 aliphatic heterocycles. The van der Waals surface area contributed by atoms with Crippen LogP contribution in [0.4, 0.5) is 23.7 Å². The average molecular weight is 384 g/mol. The lowest BCUT2D eigenvalue weighted by Crippen LogP contribution is -2.49. The van der Waals surface area contributed by atoms with E-state index in [1.807, 2.05) is 0 Å². The number of carbonyl (C=O) groups excluding carboxylic acids is 1. The zero-order valence-electron chi connectivity index (χ0n) is 15.9. The molecule has 27 heavy (non-hydrogen) atoms. The molecule has 1 N–H and O–H groups in total. The third-order valence-electron chi connectivity index (χ3n) is 6.20. The molecule has 4 nitrogen and oxygen atoms in total. The third-order valence-corrected chi connectivity index (χ3v) is 6.20. The van der Waals surface area contributed by atoms with E-state index in [1.165, 1.54) is 12.1 Å². The Hall–Kier alpha value is -1.92. The third kappa shape index (κ3) is 4.17. The molecule has 1 aromatic rings. The number of nitrogens with one attached hydrogen (secondary N) is 1. The Morgan fingerprint density at radius 2 is 1.96 bits per heavy atom. The molecule has 2 fully saturated rings. The van der Waals surface area contributed by atoms with E-state index in [2.05, 4.69) is 24.1 Å². The number of nitrogens with zero attached hydrogens (tertiary/aromatic N) is 1. The highest BCUT2D eigenvalue weighted by Crippen LogP contribution is 2.45. The normalized spacial score (nSPS) is 30.7. The summed E-state index contributed by atoms with van der Waals surface area (Å²) in [4.78, 5) is 13.9. The Morgan fingerprint density at radius 1 is 1.26 bits per heavy atom. The van der Waals surface area contributed by atoms with Crippen LogP contribution in [-0.4, -0.2) is 31.8 Å². The van der Waals surface area contributed by atoms with Crippen molar-refractivity contribution in [3.8, 4) is 0 Å². The lowest BCUT2D eigenvalue weighted by Gasteiger charge is -2.41. The van der Waals surface area contributed by atoms with Gasteiger partial charge in [0.05, 0.1) is 12.2 Å². The summed E-state index contributed by atoms with van der Waals surface area (Å²) >= 11 is 0. The highest BCUT2D eigenvalue weighted by atomic mass is 19.4. The number of ether oxygens (including phenoxy) is 1. The van der Waals surface area contributed by atoms with Crippen molar-refractivity contribution < 1.29 is 22.7 Å². The number of alkyl carbamates (subject to hydrolysis) is 1. The maximum absolute atomic E-state index is 13.0. The van der Waals surface area contributed by atoms with Gasteiger partial charge in [0, 0.05) is 24.8 Å². The minimum Gasteiger partial charge on any atom is -0.450 e. The summed E-state index contributed by atoms with van der Waals surface area (Å²) in [6.07, 6.45) is -3.87. The summed E-state index contributed by atoms with van der Waals surface area (Å²) in [6, 6.07) is 5.59. The van der Waals surface area contributed by atoms with Crippen molar-refractivity contribution in [3.63, 3.8) is 0 Å². The number of benzene rings is 1. The first-order valence-electron chi connectivity index (χ1n) is 9.56. The molecule has 3 rings (SSSR count). The summed E-state index contributed by atoms with van der Waals surface area (Å²) in [5, 5.41) is 2.97. The van der Waals surface area contributed by atoms with Crippen LogP contribution in [0.15, 0.2) is 24.3 Å². The summed E-state index contributed by atoms with van der Waals surface area (Å²) in [5.74, 6) is 1.37. The molecule has 1 saturated heterocycles. The number of fused-ring (bicyclic) bond motifs is 1. The molecule has 0 aromatic heterocycles. The van der Waals surface area contributed by atoms with Gasteiger partial charge in [-0.25, -0.2) is 4.79 Å². The van der Waals surface area contributed by atoms with Gasteiger partial charge in [0.2, 0.25) is 0 Å². The van der Waals surface area contributed by atoms with Crippen LogP contribution in [0.5, 0.6) is 0 Å². The average Bonchev–Trinajstić information content (AvgIpc) is 3.05. The molecule has 1 saturated carbocycles. The molecule has 0 bridgehead atoms. The summed E-state index contributed by atoms with van der Waals surface area (Å²) in [5.41, 5.74) is 0.00588. The van der Waals surface area contributed by atoms with Crippen molar-refractivity contribution in [1.29, 1.82) is 0 Å². The fourth-order valence-electron chi connectivity index (χ4n) is 4.71. The molecule has 1 aromatic carbocycles. The molecule has 150 valence electrons. The van der Waals surface area contributed by atoms with E-state index in [9.17, 15) is 18.0 Å². The second-order valence-corrected chi connectivity index (χ2v) is 7.82. The largest absolute Gasteiger partial charge is 0.450 e. The molecular formula is C20H27F3N2O2. The van der Waals surface area contributed by atoms with Crippen LogP contribution in [0.25, 0.3) is 0 Å². The maximum Gasteiger partial charge on any atom is 0.416 e. The number of amides is 1. The highest BCUT2D eigenvalue weighted by molar-refractivity contribution is 5.67. The van der Waals surface area contributed by atoms with Crippen molar-refractivity contribution in [2.75, 3.05) is 24.6 Å². The fraction of sp³-hybridized carbons (Fsp3) is 0.650. The molecule has 5 unspecified atom stereocenters. The van der Waals surface area contributed by atoms with Crippen LogP contribution >= 0.6 is 0 Å². The summed E-state index contributed by atoms with van der Waals surface area (Å²) in [7, 11) is 0. The van der Waals surface area contributed by atoms with E-state index in [4.69, 9.17) is 4.74 Å². The van der Waals surface area contributed by atoms with Crippen LogP contribution in [-0.2, 0) is 10.9 Å². The summed E-state index contributed by atoms with van der Waals surface area (Å²) in [6.45, 7) is 7.85. The van der Waals surface area contributed by atoms with Gasteiger partial charge in [-0.2, -0.15) is 13.2 Å². The second-order valence-electron chi connectivity index (χ2n) is 7.82. The van der Waals surface area contributed by atoms with Crippen molar-refractivity contribution in [2.45, 2.75) is 39.4 Å². The molecule has 5 atom stereocenters. The monoisotopic (exact) mass is 384 g/mol. The lowest BCUT2D eigenvalue weighted by atomic mass is 9.67. The zero-order chi connectivity index (χ0) is 19.8. The smallest absolute Gasteiger partial charge is 0.416 e. The number of rotatable bonds is 3. The number of anilines is 1. The van der Waals surface area contributed by atoms with E-state index < -0.39 is 17.8 Å². The van der Waals surface area contributed by atoms with E-state index in [0.29, 0.717) is 36.6 Å². The molecule has 1 aliphatic carbocycles. The molecule has 0 radical (unpaired) electrons. The Kier molecular flexibility index (Phi) is 5.58. The van der Waals surface area contributed by atoms with E-state index in [0.717, 1.165) is 19.0 Å². The summed E-state index contributed by atoms with van der Waals surface area (Å²) < 4.78 is 44.1. The van der Waals surface area contributed by atoms with Gasteiger partial charge in [0.1, 0.15) is 0 Å². The predicted molar refractivity (Wildman–Crippen MR) is 97.5 cm³/mol. The van der Waals surface area contributed by atoms with Crippen LogP contribution in [0, 0.1) is 23.7 Å². The minimum absolute atomic E-state index is 0.0294. The van der Waals surface area contributed by atoms with Crippen molar-refractivity contribution in [1.82, 2.24) is 5.32 Å². The quantitative estimate of drug-likeness (QED) is 0.831. The van der Waals surface area contributed by atoms with Crippen LogP contribution in [0.1, 0.15) is 32.8 Å². The maximum atomic E-state index is 13.0. The topological polar surface area (TPSA) is 41.6 Å². The first kappa shape index (κ1) is 19.8. The van der Waals surface area contributed by atoms with E-state index in [1.54, 1.807) is 13.0 Å². The first-order chi connectivity index (χ1) is 12.7. The molecule has 1 heterocycles. The van der Waals surface area contributed by atoms with Gasteiger partial charge in [-0.15, -0.1) is 0 Å². The Balaban J connectivity index is 1.74. The molecular weight excluding hydrogens is 357 g/mol. The first-order valence-corrected chi connectivity index (χ1v) is 9.56.